The van der Waals surface area contributed by atoms with E-state index >= 15 is 0 Å². The molecular formula is C20H23N3OSi. The summed E-state index contributed by atoms with van der Waals surface area (Å²) >= 11 is 0. The molecular weight excluding hydrogens is 326 g/mol. The Labute approximate surface area is 150 Å². The molecule has 0 atom stereocenters. The molecule has 0 aliphatic carbocycles. The minimum atomic E-state index is -1.72. The molecule has 0 aliphatic rings. The van der Waals surface area contributed by atoms with E-state index in [0.717, 1.165) is 28.4 Å². The first-order valence-electron chi connectivity index (χ1n) is 8.33. The van der Waals surface area contributed by atoms with Gasteiger partial charge in [-0.05, 0) is 31.8 Å². The minimum absolute atomic E-state index is 0.831. The predicted molar refractivity (Wildman–Crippen MR) is 105 cm³/mol. The topological polar surface area (TPSA) is 39.4 Å². The van der Waals surface area contributed by atoms with Gasteiger partial charge in [-0.25, -0.2) is 9.98 Å². The molecule has 0 saturated heterocycles. The van der Waals surface area contributed by atoms with E-state index in [4.69, 9.17) is 9.42 Å². The Morgan fingerprint density at radius 2 is 1.68 bits per heavy atom. The van der Waals surface area contributed by atoms with Crippen LogP contribution in [0.2, 0.25) is 19.6 Å². The van der Waals surface area contributed by atoms with E-state index in [-0.39, 0.29) is 0 Å². The van der Waals surface area contributed by atoms with Gasteiger partial charge >= 0.3 is 0 Å². The second kappa shape index (κ2) is 7.07. The Morgan fingerprint density at radius 1 is 1.00 bits per heavy atom. The van der Waals surface area contributed by atoms with Gasteiger partial charge in [0.2, 0.25) is 8.32 Å². The molecule has 0 unspecified atom stereocenters. The summed E-state index contributed by atoms with van der Waals surface area (Å²) < 4.78 is 8.21. The molecule has 1 heterocycles. The van der Waals surface area contributed by atoms with Crippen molar-refractivity contribution in [3.63, 3.8) is 0 Å². The zero-order valence-electron chi connectivity index (χ0n) is 15.1. The number of rotatable bonds is 5. The van der Waals surface area contributed by atoms with Crippen LogP contribution in [0.15, 0.2) is 72.1 Å². The van der Waals surface area contributed by atoms with Crippen LogP contribution >= 0.6 is 0 Å². The summed E-state index contributed by atoms with van der Waals surface area (Å²) in [7, 11) is 0.254. The van der Waals surface area contributed by atoms with Crippen molar-refractivity contribution in [3.05, 3.63) is 78.4 Å². The van der Waals surface area contributed by atoms with Gasteiger partial charge in [0.25, 0.3) is 0 Å². The van der Waals surface area contributed by atoms with E-state index in [1.165, 1.54) is 0 Å². The monoisotopic (exact) mass is 349 g/mol. The zero-order chi connectivity index (χ0) is 17.9. The quantitative estimate of drug-likeness (QED) is 0.490. The molecule has 0 fully saturated rings. The smallest absolute Gasteiger partial charge is 0.242 e. The average Bonchev–Trinajstić information content (AvgIpc) is 2.99. The average molecular weight is 350 g/mol. The summed E-state index contributed by atoms with van der Waals surface area (Å²) in [5, 5.41) is 0. The lowest BCUT2D eigenvalue weighted by Crippen LogP contribution is -2.29. The number of aromatic nitrogens is 2. The van der Waals surface area contributed by atoms with E-state index in [1.54, 1.807) is 6.33 Å². The molecule has 1 aromatic heterocycles. The molecule has 5 heteroatoms. The van der Waals surface area contributed by atoms with E-state index in [0.29, 0.717) is 0 Å². The minimum Gasteiger partial charge on any atom is -0.543 e. The Kier molecular flexibility index (Phi) is 4.85. The van der Waals surface area contributed by atoms with Crippen molar-refractivity contribution in [1.82, 2.24) is 9.55 Å². The number of aliphatic imine (C=N–C) groups is 1. The number of benzene rings is 2. The molecule has 0 N–H and O–H groups in total. The fourth-order valence-electron chi connectivity index (χ4n) is 2.54. The van der Waals surface area contributed by atoms with Crippen molar-refractivity contribution in [2.45, 2.75) is 19.6 Å². The van der Waals surface area contributed by atoms with Crippen molar-refractivity contribution in [2.24, 2.45) is 12.0 Å². The lowest BCUT2D eigenvalue weighted by molar-refractivity contribution is 0.559. The normalized spacial score (nSPS) is 12.2. The molecule has 3 rings (SSSR count). The van der Waals surface area contributed by atoms with Gasteiger partial charge in [0.05, 0.1) is 23.9 Å². The van der Waals surface area contributed by atoms with Gasteiger partial charge in [0, 0.05) is 12.6 Å². The summed E-state index contributed by atoms with van der Waals surface area (Å²) in [6.45, 7) is 6.52. The number of hydrogen-bond acceptors (Lipinski definition) is 3. The fourth-order valence-corrected chi connectivity index (χ4v) is 3.37. The van der Waals surface area contributed by atoms with Gasteiger partial charge < -0.3 is 8.99 Å². The van der Waals surface area contributed by atoms with Crippen molar-refractivity contribution in [2.75, 3.05) is 0 Å². The Bertz CT molecular complexity index is 879. The highest BCUT2D eigenvalue weighted by molar-refractivity contribution is 6.70. The third kappa shape index (κ3) is 4.25. The van der Waals surface area contributed by atoms with E-state index in [2.05, 4.69) is 36.8 Å². The van der Waals surface area contributed by atoms with Crippen LogP contribution in [-0.4, -0.2) is 23.6 Å². The largest absolute Gasteiger partial charge is 0.543 e. The zero-order valence-corrected chi connectivity index (χ0v) is 16.1. The SMILES string of the molecule is Cn1cncc1C(=Nc1ccccc1O[Si](C)(C)C)c1ccccc1. The summed E-state index contributed by atoms with van der Waals surface area (Å²) in [5.74, 6) is 0.831. The predicted octanol–water partition coefficient (Wildman–Crippen LogP) is 4.80. The van der Waals surface area contributed by atoms with Crippen LogP contribution in [0.25, 0.3) is 0 Å². The summed E-state index contributed by atoms with van der Waals surface area (Å²) in [5.41, 5.74) is 3.74. The molecule has 0 bridgehead atoms. The maximum absolute atomic E-state index is 6.23. The highest BCUT2D eigenvalue weighted by atomic mass is 28.4. The Hall–Kier alpha value is -2.66. The first-order chi connectivity index (χ1) is 11.9. The van der Waals surface area contributed by atoms with Gasteiger partial charge in [-0.15, -0.1) is 0 Å². The molecule has 128 valence electrons. The van der Waals surface area contributed by atoms with E-state index < -0.39 is 8.32 Å². The number of hydrogen-bond donors (Lipinski definition) is 0. The van der Waals surface area contributed by atoms with E-state index in [9.17, 15) is 0 Å². The number of para-hydroxylation sites is 2. The molecule has 2 aromatic carbocycles. The highest BCUT2D eigenvalue weighted by Gasteiger charge is 2.19. The van der Waals surface area contributed by atoms with Crippen LogP contribution in [0.3, 0.4) is 0 Å². The number of imidazole rings is 1. The fraction of sp³-hybridized carbons (Fsp3) is 0.200. The lowest BCUT2D eigenvalue weighted by Gasteiger charge is -2.20. The molecule has 0 amide bonds. The summed E-state index contributed by atoms with van der Waals surface area (Å²) in [6, 6.07) is 18.1. The van der Waals surface area contributed by atoms with Crippen LogP contribution < -0.4 is 4.43 Å². The molecule has 3 aromatic rings. The molecule has 0 saturated carbocycles. The van der Waals surface area contributed by atoms with E-state index in [1.807, 2.05) is 60.3 Å². The standard InChI is InChI=1S/C20H23N3OSi/c1-23-15-21-14-18(23)20(16-10-6-5-7-11-16)22-17-12-8-9-13-19(17)24-25(2,3)4/h5-15H,1-4H3. The Morgan fingerprint density at radius 3 is 2.32 bits per heavy atom. The molecule has 0 aliphatic heterocycles. The van der Waals surface area contributed by atoms with Gasteiger partial charge in [-0.3, -0.25) is 0 Å². The molecule has 0 spiro atoms. The third-order valence-electron chi connectivity index (χ3n) is 3.62. The van der Waals surface area contributed by atoms with Crippen LogP contribution in [0.4, 0.5) is 5.69 Å². The Balaban J connectivity index is 2.14. The third-order valence-corrected chi connectivity index (χ3v) is 4.45. The van der Waals surface area contributed by atoms with Gasteiger partial charge in [0.15, 0.2) is 0 Å². The van der Waals surface area contributed by atoms with Crippen molar-refractivity contribution in [3.8, 4) is 5.75 Å². The first kappa shape index (κ1) is 17.2. The van der Waals surface area contributed by atoms with Crippen LogP contribution in [0.5, 0.6) is 5.75 Å². The van der Waals surface area contributed by atoms with Gasteiger partial charge in [0.1, 0.15) is 11.4 Å². The van der Waals surface area contributed by atoms with Crippen LogP contribution in [0, 0.1) is 0 Å². The summed E-state index contributed by atoms with van der Waals surface area (Å²) in [6.07, 6.45) is 3.63. The van der Waals surface area contributed by atoms with Crippen LogP contribution in [-0.2, 0) is 7.05 Å². The number of aryl methyl sites for hydroxylation is 1. The maximum atomic E-state index is 6.23. The van der Waals surface area contributed by atoms with Gasteiger partial charge in [-0.2, -0.15) is 0 Å². The second-order valence-electron chi connectivity index (χ2n) is 6.90. The first-order valence-corrected chi connectivity index (χ1v) is 11.7. The molecule has 4 nitrogen and oxygen atoms in total. The maximum Gasteiger partial charge on any atom is 0.242 e. The second-order valence-corrected chi connectivity index (χ2v) is 11.3. The molecule has 0 radical (unpaired) electrons. The van der Waals surface area contributed by atoms with Crippen molar-refractivity contribution in [1.29, 1.82) is 0 Å². The van der Waals surface area contributed by atoms with Crippen molar-refractivity contribution >= 4 is 19.7 Å². The number of nitrogens with zero attached hydrogens (tertiary/aromatic N) is 3. The molecule has 25 heavy (non-hydrogen) atoms. The van der Waals surface area contributed by atoms with Gasteiger partial charge in [-0.1, -0.05) is 42.5 Å². The highest BCUT2D eigenvalue weighted by Crippen LogP contribution is 2.30. The van der Waals surface area contributed by atoms with Crippen LogP contribution in [0.1, 0.15) is 11.3 Å². The lowest BCUT2D eigenvalue weighted by atomic mass is 10.1. The van der Waals surface area contributed by atoms with Crippen molar-refractivity contribution < 1.29 is 4.43 Å². The summed E-state index contributed by atoms with van der Waals surface area (Å²) in [4.78, 5) is 9.22.